The van der Waals surface area contributed by atoms with Crippen molar-refractivity contribution in [1.82, 2.24) is 5.32 Å². The third-order valence-electron chi connectivity index (χ3n) is 3.02. The predicted octanol–water partition coefficient (Wildman–Crippen LogP) is 0.405. The number of amides is 1. The van der Waals surface area contributed by atoms with Crippen molar-refractivity contribution >= 4 is 34.6 Å². The van der Waals surface area contributed by atoms with Crippen LogP contribution in [0.4, 0.5) is 11.4 Å². The molecule has 1 amide bonds. The molecule has 1 aliphatic heterocycles. The fraction of sp³-hybridized carbons (Fsp3) is 0.333. The molecule has 1 aliphatic rings. The number of non-ortho nitro benzene ring substituents is 1. The summed E-state index contributed by atoms with van der Waals surface area (Å²) in [5, 5.41) is 13.0. The summed E-state index contributed by atoms with van der Waals surface area (Å²) in [6.07, 6.45) is 0. The minimum Gasteiger partial charge on any atom is -0.378 e. The van der Waals surface area contributed by atoms with E-state index in [-0.39, 0.29) is 16.4 Å². The minimum absolute atomic E-state index is 0.166. The molecule has 1 aromatic rings. The Bertz CT molecular complexity index is 587. The van der Waals surface area contributed by atoms with Gasteiger partial charge in [-0.05, 0) is 18.3 Å². The topological polar surface area (TPSA) is 111 Å². The molecular weight excluding hydrogens is 296 g/mol. The van der Waals surface area contributed by atoms with Gasteiger partial charge in [0.05, 0.1) is 29.4 Å². The van der Waals surface area contributed by atoms with Gasteiger partial charge in [0.1, 0.15) is 0 Å². The zero-order valence-electron chi connectivity index (χ0n) is 11.1. The van der Waals surface area contributed by atoms with Crippen molar-refractivity contribution in [2.24, 2.45) is 5.73 Å². The van der Waals surface area contributed by atoms with Gasteiger partial charge in [0.15, 0.2) is 5.11 Å². The molecule has 0 atom stereocenters. The molecular formula is C12H14N4O4S. The highest BCUT2D eigenvalue weighted by Crippen LogP contribution is 2.26. The number of nitrogens with one attached hydrogen (secondary N) is 1. The predicted molar refractivity (Wildman–Crippen MR) is 80.4 cm³/mol. The van der Waals surface area contributed by atoms with Gasteiger partial charge in [0, 0.05) is 25.2 Å². The van der Waals surface area contributed by atoms with Crippen LogP contribution in [0.25, 0.3) is 0 Å². The van der Waals surface area contributed by atoms with Crippen molar-refractivity contribution in [2.75, 3.05) is 31.2 Å². The molecule has 0 bridgehead atoms. The van der Waals surface area contributed by atoms with Crippen molar-refractivity contribution < 1.29 is 14.5 Å². The number of ether oxygens (including phenoxy) is 1. The standard InChI is InChI=1S/C12H14N4O4S/c13-12(21)14-11(17)9-7-8(16(18)19)1-2-10(9)15-3-5-20-6-4-15/h1-2,7H,3-6H2,(H3,13,14,17,21). The van der Waals surface area contributed by atoms with Gasteiger partial charge in [-0.3, -0.25) is 20.2 Å². The first-order valence-electron chi connectivity index (χ1n) is 6.21. The molecule has 0 unspecified atom stereocenters. The van der Waals surface area contributed by atoms with Crippen LogP contribution in [0.5, 0.6) is 0 Å². The third-order valence-corrected chi connectivity index (χ3v) is 3.13. The van der Waals surface area contributed by atoms with Gasteiger partial charge < -0.3 is 15.4 Å². The Balaban J connectivity index is 2.40. The van der Waals surface area contributed by atoms with Crippen LogP contribution in [0, 0.1) is 10.1 Å². The van der Waals surface area contributed by atoms with Crippen molar-refractivity contribution in [2.45, 2.75) is 0 Å². The highest BCUT2D eigenvalue weighted by molar-refractivity contribution is 7.80. The smallest absolute Gasteiger partial charge is 0.270 e. The monoisotopic (exact) mass is 310 g/mol. The summed E-state index contributed by atoms with van der Waals surface area (Å²) in [7, 11) is 0. The zero-order chi connectivity index (χ0) is 15.4. The van der Waals surface area contributed by atoms with Crippen LogP contribution in [-0.2, 0) is 4.74 Å². The highest BCUT2D eigenvalue weighted by atomic mass is 32.1. The van der Waals surface area contributed by atoms with Crippen LogP contribution in [0.2, 0.25) is 0 Å². The van der Waals surface area contributed by atoms with Crippen LogP contribution < -0.4 is 16.0 Å². The maximum atomic E-state index is 12.1. The number of nitro benzene ring substituents is 1. The second-order valence-electron chi connectivity index (χ2n) is 4.38. The van der Waals surface area contributed by atoms with Crippen LogP contribution in [0.1, 0.15) is 10.4 Å². The van der Waals surface area contributed by atoms with Crippen molar-refractivity contribution in [1.29, 1.82) is 0 Å². The lowest BCUT2D eigenvalue weighted by Gasteiger charge is -2.30. The number of carbonyl (C=O) groups excluding carboxylic acids is 1. The quantitative estimate of drug-likeness (QED) is 0.472. The van der Waals surface area contributed by atoms with Gasteiger partial charge in [0.25, 0.3) is 11.6 Å². The van der Waals surface area contributed by atoms with Crippen LogP contribution >= 0.6 is 12.2 Å². The molecule has 3 N–H and O–H groups in total. The molecule has 0 spiro atoms. The minimum atomic E-state index is -0.562. The molecule has 9 heteroatoms. The molecule has 0 aliphatic carbocycles. The summed E-state index contributed by atoms with van der Waals surface area (Å²) in [6.45, 7) is 2.27. The number of anilines is 1. The summed E-state index contributed by atoms with van der Waals surface area (Å²) in [4.78, 5) is 24.4. The van der Waals surface area contributed by atoms with Gasteiger partial charge in [0.2, 0.25) is 0 Å². The van der Waals surface area contributed by atoms with Gasteiger partial charge in [-0.2, -0.15) is 0 Å². The van der Waals surface area contributed by atoms with E-state index >= 15 is 0 Å². The molecule has 0 saturated carbocycles. The molecule has 1 aromatic carbocycles. The Morgan fingerprint density at radius 1 is 1.43 bits per heavy atom. The fourth-order valence-corrected chi connectivity index (χ4v) is 2.17. The molecule has 1 heterocycles. The number of nitrogens with zero attached hydrogens (tertiary/aromatic N) is 2. The molecule has 112 valence electrons. The van der Waals surface area contributed by atoms with E-state index in [1.54, 1.807) is 6.07 Å². The number of benzene rings is 1. The SMILES string of the molecule is NC(=S)NC(=O)c1cc([N+](=O)[O-])ccc1N1CCOCC1. The number of hydrogen-bond donors (Lipinski definition) is 2. The lowest BCUT2D eigenvalue weighted by molar-refractivity contribution is -0.384. The lowest BCUT2D eigenvalue weighted by Crippen LogP contribution is -2.39. The van der Waals surface area contributed by atoms with Gasteiger partial charge >= 0.3 is 0 Å². The summed E-state index contributed by atoms with van der Waals surface area (Å²) in [5.74, 6) is -0.562. The van der Waals surface area contributed by atoms with Gasteiger partial charge in [-0.25, -0.2) is 0 Å². The number of carbonyl (C=O) groups is 1. The summed E-state index contributed by atoms with van der Waals surface area (Å²) < 4.78 is 5.26. The van der Waals surface area contributed by atoms with Crippen LogP contribution in [-0.4, -0.2) is 42.2 Å². The molecule has 8 nitrogen and oxygen atoms in total. The normalized spacial score (nSPS) is 14.6. The first-order valence-corrected chi connectivity index (χ1v) is 6.62. The lowest BCUT2D eigenvalue weighted by atomic mass is 10.1. The maximum absolute atomic E-state index is 12.1. The van der Waals surface area contributed by atoms with Crippen molar-refractivity contribution in [3.05, 3.63) is 33.9 Å². The molecule has 1 saturated heterocycles. The first kappa shape index (κ1) is 15.1. The second kappa shape index (κ2) is 6.46. The van der Waals surface area contributed by atoms with Crippen molar-refractivity contribution in [3.63, 3.8) is 0 Å². The highest BCUT2D eigenvalue weighted by Gasteiger charge is 2.22. The van der Waals surface area contributed by atoms with E-state index in [0.29, 0.717) is 32.0 Å². The average molecular weight is 310 g/mol. The number of nitrogens with two attached hydrogens (primary N) is 1. The number of thiocarbonyl (C=S) groups is 1. The Morgan fingerprint density at radius 2 is 2.10 bits per heavy atom. The van der Waals surface area contributed by atoms with E-state index in [4.69, 9.17) is 10.5 Å². The number of hydrogen-bond acceptors (Lipinski definition) is 6. The largest absolute Gasteiger partial charge is 0.378 e. The molecule has 0 radical (unpaired) electrons. The first-order chi connectivity index (χ1) is 9.99. The Hall–Kier alpha value is -2.26. The van der Waals surface area contributed by atoms with E-state index in [0.717, 1.165) is 0 Å². The Labute approximate surface area is 126 Å². The summed E-state index contributed by atoms with van der Waals surface area (Å²) >= 11 is 4.63. The summed E-state index contributed by atoms with van der Waals surface area (Å²) in [6, 6.07) is 4.14. The molecule has 2 rings (SSSR count). The third kappa shape index (κ3) is 3.64. The number of rotatable bonds is 3. The zero-order valence-corrected chi connectivity index (χ0v) is 11.9. The molecule has 0 aromatic heterocycles. The van der Waals surface area contributed by atoms with Gasteiger partial charge in [-0.1, -0.05) is 0 Å². The van der Waals surface area contributed by atoms with E-state index in [1.165, 1.54) is 12.1 Å². The molecule has 1 fully saturated rings. The van der Waals surface area contributed by atoms with E-state index in [9.17, 15) is 14.9 Å². The van der Waals surface area contributed by atoms with Gasteiger partial charge in [-0.15, -0.1) is 0 Å². The number of morpholine rings is 1. The van der Waals surface area contributed by atoms with Crippen LogP contribution in [0.3, 0.4) is 0 Å². The fourth-order valence-electron chi connectivity index (χ4n) is 2.08. The average Bonchev–Trinajstić information content (AvgIpc) is 2.46. The number of nitro groups is 1. The molecule has 21 heavy (non-hydrogen) atoms. The van der Waals surface area contributed by atoms with Crippen molar-refractivity contribution in [3.8, 4) is 0 Å². The van der Waals surface area contributed by atoms with Crippen LogP contribution in [0.15, 0.2) is 18.2 Å². The second-order valence-corrected chi connectivity index (χ2v) is 4.82. The summed E-state index contributed by atoms with van der Waals surface area (Å²) in [5.41, 5.74) is 5.88. The Kier molecular flexibility index (Phi) is 4.66. The maximum Gasteiger partial charge on any atom is 0.270 e. The van der Waals surface area contributed by atoms with E-state index in [1.807, 2.05) is 4.90 Å². The Morgan fingerprint density at radius 3 is 2.67 bits per heavy atom. The van der Waals surface area contributed by atoms with E-state index in [2.05, 4.69) is 17.5 Å². The van der Waals surface area contributed by atoms with E-state index < -0.39 is 10.8 Å².